The van der Waals surface area contributed by atoms with Crippen LogP contribution in [0.1, 0.15) is 51.5 Å². The van der Waals surface area contributed by atoms with Gasteiger partial charge in [0.05, 0.1) is 12.8 Å². The molecule has 1 aromatic heterocycles. The van der Waals surface area contributed by atoms with E-state index in [4.69, 9.17) is 9.47 Å². The van der Waals surface area contributed by atoms with Gasteiger partial charge in [0, 0.05) is 17.3 Å². The summed E-state index contributed by atoms with van der Waals surface area (Å²) in [6.07, 6.45) is 1.43. The highest BCUT2D eigenvalue weighted by Gasteiger charge is 2.25. The van der Waals surface area contributed by atoms with Gasteiger partial charge in [-0.25, -0.2) is 9.18 Å². The maximum atomic E-state index is 13.7. The molecule has 1 N–H and O–H groups in total. The third-order valence-corrected chi connectivity index (χ3v) is 4.29. The quantitative estimate of drug-likeness (QED) is 0.444. The molecular weight excluding hydrogens is 365 g/mol. The molecule has 0 saturated carbocycles. The summed E-state index contributed by atoms with van der Waals surface area (Å²) in [6.45, 7) is 6.24. The average Bonchev–Trinajstić information content (AvgIpc) is 2.93. The Labute approximate surface area is 162 Å². The molecular formula is C21H22FNO5. The van der Waals surface area contributed by atoms with Crippen molar-refractivity contribution in [3.8, 4) is 5.75 Å². The Kier molecular flexibility index (Phi) is 6.51. The topological polar surface area (TPSA) is 85.5 Å². The molecule has 6 nitrogen and oxygen atoms in total. The van der Waals surface area contributed by atoms with Crippen molar-refractivity contribution in [2.24, 2.45) is 0 Å². The van der Waals surface area contributed by atoms with E-state index in [0.717, 1.165) is 6.08 Å². The van der Waals surface area contributed by atoms with E-state index >= 15 is 0 Å². The standard InChI is InChI=1S/C21H22FNO5/c1-11-19(13(3)24)12(2)23-20(11)21(26)14(4)28-18(25)9-7-15-6-8-17(27-5)16(22)10-15/h6-10,14,23H,1-5H3/b9-7+/t14-/m1/s1. The third-order valence-electron chi connectivity index (χ3n) is 4.29. The first-order valence-electron chi connectivity index (χ1n) is 8.62. The van der Waals surface area contributed by atoms with Crippen molar-refractivity contribution in [3.05, 3.63) is 58.2 Å². The van der Waals surface area contributed by atoms with Crippen molar-refractivity contribution in [1.82, 2.24) is 4.98 Å². The van der Waals surface area contributed by atoms with Crippen LogP contribution in [0.2, 0.25) is 0 Å². The predicted octanol–water partition coefficient (Wildman–Crippen LogP) is 3.81. The zero-order valence-corrected chi connectivity index (χ0v) is 16.4. The largest absolute Gasteiger partial charge is 0.494 e. The second-order valence-corrected chi connectivity index (χ2v) is 6.35. The van der Waals surface area contributed by atoms with Crippen LogP contribution in [0, 0.1) is 19.7 Å². The van der Waals surface area contributed by atoms with E-state index in [2.05, 4.69) is 4.98 Å². The van der Waals surface area contributed by atoms with Crippen LogP contribution < -0.4 is 4.74 Å². The van der Waals surface area contributed by atoms with Gasteiger partial charge in [-0.3, -0.25) is 9.59 Å². The maximum Gasteiger partial charge on any atom is 0.331 e. The molecule has 2 aromatic rings. The molecule has 28 heavy (non-hydrogen) atoms. The summed E-state index contributed by atoms with van der Waals surface area (Å²) in [6, 6.07) is 4.23. The molecule has 2 rings (SSSR count). The fraction of sp³-hybridized carbons (Fsp3) is 0.286. The number of esters is 1. The molecule has 1 atom stereocenters. The first-order chi connectivity index (χ1) is 13.1. The number of H-pyrrole nitrogens is 1. The Balaban J connectivity index is 2.08. The number of carbonyl (C=O) groups is 3. The van der Waals surface area contributed by atoms with Gasteiger partial charge in [0.25, 0.3) is 0 Å². The number of aromatic amines is 1. The van der Waals surface area contributed by atoms with Gasteiger partial charge in [-0.05, 0) is 57.0 Å². The lowest BCUT2D eigenvalue weighted by atomic mass is 10.0. The summed E-state index contributed by atoms with van der Waals surface area (Å²) in [7, 11) is 1.36. The zero-order chi connectivity index (χ0) is 21.0. The Morgan fingerprint density at radius 2 is 1.89 bits per heavy atom. The van der Waals surface area contributed by atoms with Crippen LogP contribution in [-0.2, 0) is 9.53 Å². The monoisotopic (exact) mass is 387 g/mol. The summed E-state index contributed by atoms with van der Waals surface area (Å²) >= 11 is 0. The fourth-order valence-electron chi connectivity index (χ4n) is 2.95. The maximum absolute atomic E-state index is 13.7. The molecule has 7 heteroatoms. The number of benzene rings is 1. The Bertz CT molecular complexity index is 958. The van der Waals surface area contributed by atoms with Crippen LogP contribution in [0.5, 0.6) is 5.75 Å². The summed E-state index contributed by atoms with van der Waals surface area (Å²) in [5.74, 6) is -1.79. The van der Waals surface area contributed by atoms with E-state index in [1.807, 2.05) is 0 Å². The van der Waals surface area contributed by atoms with E-state index in [1.54, 1.807) is 19.9 Å². The molecule has 1 heterocycles. The van der Waals surface area contributed by atoms with Gasteiger partial charge in [0.1, 0.15) is 0 Å². The van der Waals surface area contributed by atoms with E-state index in [-0.39, 0.29) is 17.2 Å². The van der Waals surface area contributed by atoms with Crippen LogP contribution in [0.4, 0.5) is 4.39 Å². The number of rotatable bonds is 7. The molecule has 0 aliphatic carbocycles. The SMILES string of the molecule is COc1ccc(/C=C/C(=O)O[C@H](C)C(=O)c2[nH]c(C)c(C(C)=O)c2C)cc1F. The Morgan fingerprint density at radius 1 is 1.21 bits per heavy atom. The molecule has 1 aromatic carbocycles. The number of carbonyl (C=O) groups excluding carboxylic acids is 3. The molecule has 0 radical (unpaired) electrons. The predicted molar refractivity (Wildman–Crippen MR) is 102 cm³/mol. The van der Waals surface area contributed by atoms with Crippen molar-refractivity contribution in [2.75, 3.05) is 7.11 Å². The van der Waals surface area contributed by atoms with Crippen LogP contribution in [-0.4, -0.2) is 35.7 Å². The van der Waals surface area contributed by atoms with Crippen LogP contribution in [0.15, 0.2) is 24.3 Å². The van der Waals surface area contributed by atoms with Crippen LogP contribution in [0.3, 0.4) is 0 Å². The molecule has 0 saturated heterocycles. The van der Waals surface area contributed by atoms with E-state index in [9.17, 15) is 18.8 Å². The van der Waals surface area contributed by atoms with E-state index < -0.39 is 23.7 Å². The van der Waals surface area contributed by atoms with E-state index in [0.29, 0.717) is 22.4 Å². The minimum absolute atomic E-state index is 0.0977. The summed E-state index contributed by atoms with van der Waals surface area (Å²) in [5.41, 5.74) is 2.26. The fourth-order valence-corrected chi connectivity index (χ4v) is 2.95. The van der Waals surface area contributed by atoms with Gasteiger partial charge in [-0.1, -0.05) is 6.07 Å². The third kappa shape index (κ3) is 4.54. The second-order valence-electron chi connectivity index (χ2n) is 6.35. The van der Waals surface area contributed by atoms with Gasteiger partial charge in [0.15, 0.2) is 23.5 Å². The van der Waals surface area contributed by atoms with Crippen LogP contribution >= 0.6 is 0 Å². The molecule has 0 fully saturated rings. The van der Waals surface area contributed by atoms with Crippen molar-refractivity contribution in [2.45, 2.75) is 33.8 Å². The Hall–Kier alpha value is -3.22. The number of Topliss-reactive ketones (excluding diaryl/α,β-unsaturated/α-hetero) is 2. The minimum atomic E-state index is -1.05. The smallest absolute Gasteiger partial charge is 0.331 e. The number of methoxy groups -OCH3 is 1. The van der Waals surface area contributed by atoms with Gasteiger partial charge in [0.2, 0.25) is 5.78 Å². The lowest BCUT2D eigenvalue weighted by Gasteiger charge is -2.10. The molecule has 0 spiro atoms. The number of aromatic nitrogens is 1. The summed E-state index contributed by atoms with van der Waals surface area (Å²) in [5, 5.41) is 0. The average molecular weight is 387 g/mol. The first kappa shape index (κ1) is 21.1. The number of ketones is 2. The van der Waals surface area contributed by atoms with Crippen molar-refractivity contribution >= 4 is 23.6 Å². The molecule has 0 bridgehead atoms. The van der Waals surface area contributed by atoms with Crippen LogP contribution in [0.25, 0.3) is 6.08 Å². The molecule has 0 aliphatic heterocycles. The van der Waals surface area contributed by atoms with E-state index in [1.165, 1.54) is 39.2 Å². The molecule has 0 amide bonds. The number of ether oxygens (including phenoxy) is 2. The number of halogens is 1. The van der Waals surface area contributed by atoms with Gasteiger partial charge in [-0.2, -0.15) is 0 Å². The highest BCUT2D eigenvalue weighted by Crippen LogP contribution is 2.21. The van der Waals surface area contributed by atoms with Crippen molar-refractivity contribution in [3.63, 3.8) is 0 Å². The molecule has 0 aliphatic rings. The highest BCUT2D eigenvalue weighted by molar-refractivity contribution is 6.05. The van der Waals surface area contributed by atoms with Gasteiger partial charge >= 0.3 is 5.97 Å². The number of hydrogen-bond donors (Lipinski definition) is 1. The summed E-state index contributed by atoms with van der Waals surface area (Å²) < 4.78 is 23.6. The number of hydrogen-bond acceptors (Lipinski definition) is 5. The van der Waals surface area contributed by atoms with Crippen molar-refractivity contribution in [1.29, 1.82) is 0 Å². The van der Waals surface area contributed by atoms with Gasteiger partial charge in [-0.15, -0.1) is 0 Å². The Morgan fingerprint density at radius 3 is 2.43 bits per heavy atom. The van der Waals surface area contributed by atoms with Gasteiger partial charge < -0.3 is 14.5 Å². The number of aryl methyl sites for hydroxylation is 1. The minimum Gasteiger partial charge on any atom is -0.494 e. The first-order valence-corrected chi connectivity index (χ1v) is 8.62. The number of nitrogens with one attached hydrogen (secondary N) is 1. The molecule has 0 unspecified atom stereocenters. The lowest BCUT2D eigenvalue weighted by Crippen LogP contribution is -2.24. The zero-order valence-electron chi connectivity index (χ0n) is 16.4. The second kappa shape index (κ2) is 8.65. The van der Waals surface area contributed by atoms with Crippen molar-refractivity contribution < 1.29 is 28.2 Å². The lowest BCUT2D eigenvalue weighted by molar-refractivity contribution is -0.140. The molecule has 148 valence electrons. The normalized spacial score (nSPS) is 12.1. The highest BCUT2D eigenvalue weighted by atomic mass is 19.1. The summed E-state index contributed by atoms with van der Waals surface area (Å²) in [4.78, 5) is 39.1.